The number of aromatic nitrogens is 2. The third-order valence-electron chi connectivity index (χ3n) is 4.12. The molecule has 1 amide bonds. The molecular formula is C19H22ClN4OS+. The standard InChI is InChI=1S/C19H21ClN4OS/c1-13-19(14(2)24(22-13)15-7-5-4-6-8-15)21-18(25)12-23(3)11-16-9-10-17(20)26-16/h4-10H,11-12H2,1-3H3,(H,21,25)/p+1. The first-order valence-electron chi connectivity index (χ1n) is 8.41. The first kappa shape index (κ1) is 18.6. The lowest BCUT2D eigenvalue weighted by Crippen LogP contribution is -3.08. The van der Waals surface area contributed by atoms with E-state index in [1.165, 1.54) is 4.88 Å². The number of halogens is 1. The molecule has 0 aliphatic heterocycles. The second-order valence-electron chi connectivity index (χ2n) is 6.36. The number of likely N-dealkylation sites (N-methyl/N-ethyl adjacent to an activating group) is 1. The van der Waals surface area contributed by atoms with E-state index in [1.54, 1.807) is 11.3 Å². The number of thiophene rings is 1. The maximum absolute atomic E-state index is 12.5. The van der Waals surface area contributed by atoms with E-state index in [1.807, 2.05) is 68.0 Å². The van der Waals surface area contributed by atoms with Crippen molar-refractivity contribution in [3.8, 4) is 5.69 Å². The first-order chi connectivity index (χ1) is 12.4. The highest BCUT2D eigenvalue weighted by Gasteiger charge is 2.18. The summed E-state index contributed by atoms with van der Waals surface area (Å²) in [5, 5.41) is 7.59. The lowest BCUT2D eigenvalue weighted by Gasteiger charge is -2.13. The Morgan fingerprint density at radius 1 is 1.23 bits per heavy atom. The Hall–Kier alpha value is -2.15. The van der Waals surface area contributed by atoms with Crippen LogP contribution in [0.15, 0.2) is 42.5 Å². The quantitative estimate of drug-likeness (QED) is 0.681. The average molecular weight is 390 g/mol. The maximum atomic E-state index is 12.5. The largest absolute Gasteiger partial charge is 0.325 e. The van der Waals surface area contributed by atoms with Crippen molar-refractivity contribution in [1.82, 2.24) is 9.78 Å². The molecule has 3 aromatic rings. The van der Waals surface area contributed by atoms with Gasteiger partial charge >= 0.3 is 0 Å². The number of nitrogens with one attached hydrogen (secondary N) is 2. The van der Waals surface area contributed by atoms with Crippen molar-refractivity contribution >= 4 is 34.5 Å². The number of anilines is 1. The number of hydrogen-bond donors (Lipinski definition) is 2. The van der Waals surface area contributed by atoms with Crippen LogP contribution in [-0.4, -0.2) is 29.3 Å². The van der Waals surface area contributed by atoms with Gasteiger partial charge in [-0.1, -0.05) is 29.8 Å². The van der Waals surface area contributed by atoms with E-state index in [-0.39, 0.29) is 5.91 Å². The van der Waals surface area contributed by atoms with Gasteiger partial charge in [-0.15, -0.1) is 11.3 Å². The van der Waals surface area contributed by atoms with E-state index >= 15 is 0 Å². The summed E-state index contributed by atoms with van der Waals surface area (Å²) in [4.78, 5) is 14.8. The van der Waals surface area contributed by atoms with Gasteiger partial charge in [-0.05, 0) is 38.1 Å². The summed E-state index contributed by atoms with van der Waals surface area (Å²) in [7, 11) is 2.00. The summed E-state index contributed by atoms with van der Waals surface area (Å²) in [5.74, 6) is -0.0241. The molecule has 1 atom stereocenters. The summed E-state index contributed by atoms with van der Waals surface area (Å²) in [6.45, 7) is 5.02. The van der Waals surface area contributed by atoms with Gasteiger partial charge in [0.05, 0.1) is 39.0 Å². The molecule has 5 nitrogen and oxygen atoms in total. The zero-order valence-electron chi connectivity index (χ0n) is 15.0. The fourth-order valence-electron chi connectivity index (χ4n) is 2.91. The molecule has 0 bridgehead atoms. The minimum Gasteiger partial charge on any atom is -0.325 e. The van der Waals surface area contributed by atoms with E-state index in [2.05, 4.69) is 10.4 Å². The Balaban J connectivity index is 1.67. The second-order valence-corrected chi connectivity index (χ2v) is 8.16. The van der Waals surface area contributed by atoms with Crippen molar-refractivity contribution in [1.29, 1.82) is 0 Å². The van der Waals surface area contributed by atoms with E-state index in [0.717, 1.165) is 38.5 Å². The van der Waals surface area contributed by atoms with Crippen LogP contribution in [0.3, 0.4) is 0 Å². The molecule has 0 aliphatic rings. The zero-order valence-corrected chi connectivity index (χ0v) is 16.6. The van der Waals surface area contributed by atoms with Gasteiger partial charge in [0, 0.05) is 0 Å². The van der Waals surface area contributed by atoms with Gasteiger partial charge in [0.25, 0.3) is 5.91 Å². The molecule has 2 aromatic heterocycles. The molecule has 0 fully saturated rings. The Morgan fingerprint density at radius 2 is 1.96 bits per heavy atom. The normalized spacial score (nSPS) is 12.2. The molecule has 1 unspecified atom stereocenters. The number of carbonyl (C=O) groups excluding carboxylic acids is 1. The lowest BCUT2D eigenvalue weighted by molar-refractivity contribution is -0.884. The molecule has 0 saturated carbocycles. The Labute approximate surface area is 162 Å². The van der Waals surface area contributed by atoms with Gasteiger partial charge in [0.2, 0.25) is 0 Å². The zero-order chi connectivity index (χ0) is 18.7. The smallest absolute Gasteiger partial charge is 0.279 e. The molecule has 0 spiro atoms. The number of benzene rings is 1. The molecule has 2 N–H and O–H groups in total. The molecular weight excluding hydrogens is 368 g/mol. The van der Waals surface area contributed by atoms with Gasteiger partial charge < -0.3 is 10.2 Å². The maximum Gasteiger partial charge on any atom is 0.279 e. The second kappa shape index (κ2) is 8.03. The number of amides is 1. The highest BCUT2D eigenvalue weighted by Crippen LogP contribution is 2.22. The SMILES string of the molecule is Cc1nn(-c2ccccc2)c(C)c1NC(=O)C[NH+](C)Cc1ccc(Cl)s1. The van der Waals surface area contributed by atoms with Crippen molar-refractivity contribution < 1.29 is 9.69 Å². The Kier molecular flexibility index (Phi) is 5.76. The molecule has 136 valence electrons. The van der Waals surface area contributed by atoms with Crippen LogP contribution >= 0.6 is 22.9 Å². The van der Waals surface area contributed by atoms with E-state index < -0.39 is 0 Å². The van der Waals surface area contributed by atoms with Crippen LogP contribution in [0.5, 0.6) is 0 Å². The van der Waals surface area contributed by atoms with E-state index in [9.17, 15) is 4.79 Å². The summed E-state index contributed by atoms with van der Waals surface area (Å²) < 4.78 is 2.63. The fourth-order valence-corrected chi connectivity index (χ4v) is 4.11. The molecule has 3 rings (SSSR count). The predicted molar refractivity (Wildman–Crippen MR) is 106 cm³/mol. The Morgan fingerprint density at radius 3 is 2.62 bits per heavy atom. The molecule has 2 heterocycles. The summed E-state index contributed by atoms with van der Waals surface area (Å²) >= 11 is 7.52. The van der Waals surface area contributed by atoms with Gasteiger partial charge in [0.15, 0.2) is 6.54 Å². The highest BCUT2D eigenvalue weighted by atomic mass is 35.5. The van der Waals surface area contributed by atoms with Crippen LogP contribution in [0.4, 0.5) is 5.69 Å². The fraction of sp³-hybridized carbons (Fsp3) is 0.263. The number of hydrogen-bond acceptors (Lipinski definition) is 3. The van der Waals surface area contributed by atoms with Crippen LogP contribution in [0.25, 0.3) is 5.69 Å². The highest BCUT2D eigenvalue weighted by molar-refractivity contribution is 7.16. The number of rotatable bonds is 6. The van der Waals surface area contributed by atoms with E-state index in [4.69, 9.17) is 11.6 Å². The third-order valence-corrected chi connectivity index (χ3v) is 5.35. The van der Waals surface area contributed by atoms with Crippen LogP contribution in [0.1, 0.15) is 16.3 Å². The van der Waals surface area contributed by atoms with Crippen molar-refractivity contribution in [2.45, 2.75) is 20.4 Å². The minimum absolute atomic E-state index is 0.0241. The Bertz CT molecular complexity index is 904. The topological polar surface area (TPSA) is 51.4 Å². The van der Waals surface area contributed by atoms with Gasteiger partial charge in [0.1, 0.15) is 6.54 Å². The van der Waals surface area contributed by atoms with Crippen molar-refractivity contribution in [3.63, 3.8) is 0 Å². The molecule has 7 heteroatoms. The van der Waals surface area contributed by atoms with Crippen LogP contribution < -0.4 is 10.2 Å². The first-order valence-corrected chi connectivity index (χ1v) is 9.60. The van der Waals surface area contributed by atoms with Crippen LogP contribution in [-0.2, 0) is 11.3 Å². The number of nitrogens with zero attached hydrogens (tertiary/aromatic N) is 2. The van der Waals surface area contributed by atoms with Crippen molar-refractivity contribution in [2.24, 2.45) is 0 Å². The van der Waals surface area contributed by atoms with Gasteiger partial charge in [-0.3, -0.25) is 4.79 Å². The third kappa shape index (κ3) is 4.33. The van der Waals surface area contributed by atoms with Crippen LogP contribution in [0.2, 0.25) is 4.34 Å². The number of carbonyl (C=O) groups is 1. The monoisotopic (exact) mass is 389 g/mol. The predicted octanol–water partition coefficient (Wildman–Crippen LogP) is 2.86. The summed E-state index contributed by atoms with van der Waals surface area (Å²) in [5.41, 5.74) is 3.49. The number of aryl methyl sites for hydroxylation is 1. The van der Waals surface area contributed by atoms with E-state index in [0.29, 0.717) is 6.54 Å². The lowest BCUT2D eigenvalue weighted by atomic mass is 10.3. The van der Waals surface area contributed by atoms with Gasteiger partial charge in [-0.25, -0.2) is 4.68 Å². The molecule has 0 radical (unpaired) electrons. The molecule has 0 saturated heterocycles. The minimum atomic E-state index is -0.0241. The average Bonchev–Trinajstić information content (AvgIpc) is 3.13. The van der Waals surface area contributed by atoms with Crippen molar-refractivity contribution in [3.05, 3.63) is 63.1 Å². The van der Waals surface area contributed by atoms with Crippen molar-refractivity contribution in [2.75, 3.05) is 18.9 Å². The number of para-hydroxylation sites is 1. The summed E-state index contributed by atoms with van der Waals surface area (Å²) in [6, 6.07) is 13.8. The number of quaternary nitrogens is 1. The van der Waals surface area contributed by atoms with Gasteiger partial charge in [-0.2, -0.15) is 5.10 Å². The van der Waals surface area contributed by atoms with Crippen LogP contribution in [0, 0.1) is 13.8 Å². The molecule has 1 aromatic carbocycles. The molecule has 0 aliphatic carbocycles. The summed E-state index contributed by atoms with van der Waals surface area (Å²) in [6.07, 6.45) is 0. The molecule has 26 heavy (non-hydrogen) atoms.